The molecule has 0 spiro atoms. The van der Waals surface area contributed by atoms with Crippen molar-refractivity contribution in [3.63, 3.8) is 0 Å². The summed E-state index contributed by atoms with van der Waals surface area (Å²) in [5, 5.41) is 8.16. The fourth-order valence-electron chi connectivity index (χ4n) is 3.40. The van der Waals surface area contributed by atoms with Crippen LogP contribution in [0.3, 0.4) is 0 Å². The van der Waals surface area contributed by atoms with E-state index in [-0.39, 0.29) is 23.5 Å². The Kier molecular flexibility index (Phi) is 8.08. The van der Waals surface area contributed by atoms with Crippen LogP contribution in [0.5, 0.6) is 5.75 Å². The molecule has 0 bridgehead atoms. The number of nitrogens with one attached hydrogen (secondary N) is 3. The van der Waals surface area contributed by atoms with Crippen LogP contribution >= 0.6 is 0 Å². The van der Waals surface area contributed by atoms with E-state index in [0.29, 0.717) is 23.6 Å². The first-order valence-electron chi connectivity index (χ1n) is 11.0. The Morgan fingerprint density at radius 3 is 2.44 bits per heavy atom. The molecule has 0 saturated heterocycles. The van der Waals surface area contributed by atoms with Gasteiger partial charge in [-0.1, -0.05) is 38.1 Å². The maximum absolute atomic E-state index is 12.6. The van der Waals surface area contributed by atoms with Crippen molar-refractivity contribution in [3.8, 4) is 17.1 Å². The molecular weight excluding hydrogens is 434 g/mol. The Bertz CT molecular complexity index is 1170. The molecule has 0 saturated carbocycles. The van der Waals surface area contributed by atoms with Crippen molar-refractivity contribution >= 4 is 17.7 Å². The van der Waals surface area contributed by atoms with Gasteiger partial charge in [-0.15, -0.1) is 0 Å². The van der Waals surface area contributed by atoms with Gasteiger partial charge in [0, 0.05) is 24.7 Å². The van der Waals surface area contributed by atoms with Gasteiger partial charge in [0.15, 0.2) is 5.76 Å². The van der Waals surface area contributed by atoms with E-state index in [9.17, 15) is 14.4 Å². The van der Waals surface area contributed by atoms with Gasteiger partial charge in [0.2, 0.25) is 5.91 Å². The van der Waals surface area contributed by atoms with Crippen molar-refractivity contribution in [2.24, 2.45) is 5.92 Å². The summed E-state index contributed by atoms with van der Waals surface area (Å²) in [5.74, 6) is 0.212. The molecule has 1 aromatic heterocycles. The van der Waals surface area contributed by atoms with Gasteiger partial charge >= 0.3 is 0 Å². The Morgan fingerprint density at radius 2 is 1.74 bits per heavy atom. The lowest BCUT2D eigenvalue weighted by Crippen LogP contribution is -2.48. The molecule has 3 amide bonds. The van der Waals surface area contributed by atoms with Gasteiger partial charge in [0.1, 0.15) is 17.6 Å². The zero-order valence-corrected chi connectivity index (χ0v) is 19.7. The van der Waals surface area contributed by atoms with Gasteiger partial charge < -0.3 is 25.1 Å². The highest BCUT2D eigenvalue weighted by Crippen LogP contribution is 2.23. The minimum atomic E-state index is -0.664. The first-order valence-corrected chi connectivity index (χ1v) is 11.0. The molecule has 0 aliphatic heterocycles. The molecule has 178 valence electrons. The van der Waals surface area contributed by atoms with Gasteiger partial charge in [0.05, 0.1) is 7.11 Å². The zero-order chi connectivity index (χ0) is 24.7. The summed E-state index contributed by atoms with van der Waals surface area (Å²) in [6, 6.07) is 17.0. The quantitative estimate of drug-likeness (QED) is 0.451. The predicted octanol–water partition coefficient (Wildman–Crippen LogP) is 3.39. The minimum Gasteiger partial charge on any atom is -0.497 e. The van der Waals surface area contributed by atoms with Gasteiger partial charge in [-0.25, -0.2) is 0 Å². The number of likely N-dealkylation sites (N-methyl/N-ethyl adjacent to an activating group) is 1. The fraction of sp³-hybridized carbons (Fsp3) is 0.269. The summed E-state index contributed by atoms with van der Waals surface area (Å²) >= 11 is 0. The topological polar surface area (TPSA) is 110 Å². The van der Waals surface area contributed by atoms with E-state index in [1.165, 1.54) is 7.05 Å². The third-order valence-corrected chi connectivity index (χ3v) is 5.31. The standard InChI is InChI=1S/C26H29N3O5/c1-16(2)23(26(32)27-3)29-25(31)22-12-11-21(34-22)18-8-5-7-17(13-18)15-28-24(30)19-9-6-10-20(14-19)33-4/h5-14,16,23H,15H2,1-4H3,(H,27,32)(H,28,30)(H,29,31)/t23-/m0/s1. The Labute approximate surface area is 198 Å². The average molecular weight is 464 g/mol. The third kappa shape index (κ3) is 6.04. The summed E-state index contributed by atoms with van der Waals surface area (Å²) in [7, 11) is 3.08. The second kappa shape index (κ2) is 11.2. The van der Waals surface area contributed by atoms with E-state index in [0.717, 1.165) is 11.1 Å². The highest BCUT2D eigenvalue weighted by atomic mass is 16.5. The van der Waals surface area contributed by atoms with Gasteiger partial charge in [0.25, 0.3) is 11.8 Å². The van der Waals surface area contributed by atoms with Crippen LogP contribution in [0.1, 0.15) is 40.3 Å². The SMILES string of the molecule is CNC(=O)[C@@H](NC(=O)c1ccc(-c2cccc(CNC(=O)c3cccc(OC)c3)c2)o1)C(C)C. The minimum absolute atomic E-state index is 0.0813. The highest BCUT2D eigenvalue weighted by molar-refractivity contribution is 5.96. The highest BCUT2D eigenvalue weighted by Gasteiger charge is 2.25. The van der Waals surface area contributed by atoms with Crippen LogP contribution in [0.4, 0.5) is 0 Å². The van der Waals surface area contributed by atoms with E-state index < -0.39 is 11.9 Å². The molecule has 8 nitrogen and oxygen atoms in total. The second-order valence-electron chi connectivity index (χ2n) is 8.09. The molecule has 1 heterocycles. The molecule has 0 radical (unpaired) electrons. The van der Waals surface area contributed by atoms with Crippen LogP contribution in [0, 0.1) is 5.92 Å². The molecule has 0 aliphatic carbocycles. The maximum Gasteiger partial charge on any atom is 0.287 e. The first kappa shape index (κ1) is 24.6. The van der Waals surface area contributed by atoms with Gasteiger partial charge in [-0.3, -0.25) is 14.4 Å². The van der Waals surface area contributed by atoms with Gasteiger partial charge in [-0.05, 0) is 47.9 Å². The fourth-order valence-corrected chi connectivity index (χ4v) is 3.40. The summed E-state index contributed by atoms with van der Waals surface area (Å²) in [5.41, 5.74) is 2.14. The largest absolute Gasteiger partial charge is 0.497 e. The number of hydrogen-bond donors (Lipinski definition) is 3. The number of rotatable bonds is 9. The average Bonchev–Trinajstić information content (AvgIpc) is 3.36. The van der Waals surface area contributed by atoms with E-state index >= 15 is 0 Å². The number of methoxy groups -OCH3 is 1. The van der Waals surface area contributed by atoms with Crippen molar-refractivity contribution in [1.29, 1.82) is 0 Å². The van der Waals surface area contributed by atoms with Gasteiger partial charge in [-0.2, -0.15) is 0 Å². The van der Waals surface area contributed by atoms with E-state index in [1.54, 1.807) is 43.5 Å². The third-order valence-electron chi connectivity index (χ3n) is 5.31. The molecule has 3 rings (SSSR count). The second-order valence-corrected chi connectivity index (χ2v) is 8.09. The Morgan fingerprint density at radius 1 is 0.971 bits per heavy atom. The molecular formula is C26H29N3O5. The van der Waals surface area contributed by atoms with Crippen LogP contribution in [0.15, 0.2) is 65.1 Å². The number of carbonyl (C=O) groups is 3. The molecule has 34 heavy (non-hydrogen) atoms. The van der Waals surface area contributed by atoms with Crippen LogP contribution in [-0.2, 0) is 11.3 Å². The van der Waals surface area contributed by atoms with E-state index in [4.69, 9.17) is 9.15 Å². The number of furan rings is 1. The van der Waals surface area contributed by atoms with Crippen molar-refractivity contribution in [2.45, 2.75) is 26.4 Å². The number of ether oxygens (including phenoxy) is 1. The number of amides is 3. The number of benzene rings is 2. The molecule has 2 aromatic carbocycles. The smallest absolute Gasteiger partial charge is 0.287 e. The first-order chi connectivity index (χ1) is 16.3. The lowest BCUT2D eigenvalue weighted by Gasteiger charge is -2.19. The molecule has 0 fully saturated rings. The van der Waals surface area contributed by atoms with Crippen molar-refractivity contribution in [2.75, 3.05) is 14.2 Å². The van der Waals surface area contributed by atoms with E-state index in [2.05, 4.69) is 16.0 Å². The van der Waals surface area contributed by atoms with E-state index in [1.807, 2.05) is 38.1 Å². The van der Waals surface area contributed by atoms with Crippen molar-refractivity contribution in [1.82, 2.24) is 16.0 Å². The molecule has 3 N–H and O–H groups in total. The summed E-state index contributed by atoms with van der Waals surface area (Å²) < 4.78 is 10.9. The van der Waals surface area contributed by atoms with Crippen LogP contribution in [-0.4, -0.2) is 37.9 Å². The Balaban J connectivity index is 1.67. The monoisotopic (exact) mass is 463 g/mol. The molecule has 0 aliphatic rings. The molecule has 8 heteroatoms. The lowest BCUT2D eigenvalue weighted by atomic mass is 10.0. The maximum atomic E-state index is 12.6. The number of carbonyl (C=O) groups excluding carboxylic acids is 3. The van der Waals surface area contributed by atoms with Crippen molar-refractivity contribution in [3.05, 3.63) is 77.6 Å². The number of hydrogen-bond acceptors (Lipinski definition) is 5. The Hall–Kier alpha value is -4.07. The van der Waals surface area contributed by atoms with Crippen LogP contribution in [0.2, 0.25) is 0 Å². The van der Waals surface area contributed by atoms with Crippen LogP contribution in [0.25, 0.3) is 11.3 Å². The molecule has 0 unspecified atom stereocenters. The normalized spacial score (nSPS) is 11.6. The summed E-state index contributed by atoms with van der Waals surface area (Å²) in [6.45, 7) is 4.03. The summed E-state index contributed by atoms with van der Waals surface area (Å²) in [4.78, 5) is 37.1. The zero-order valence-electron chi connectivity index (χ0n) is 19.7. The summed E-state index contributed by atoms with van der Waals surface area (Å²) in [6.07, 6.45) is 0. The lowest BCUT2D eigenvalue weighted by molar-refractivity contribution is -0.123. The molecule has 3 aromatic rings. The predicted molar refractivity (Wildman–Crippen MR) is 128 cm³/mol. The molecule has 1 atom stereocenters. The van der Waals surface area contributed by atoms with Crippen molar-refractivity contribution < 1.29 is 23.5 Å². The van der Waals surface area contributed by atoms with Crippen LogP contribution < -0.4 is 20.7 Å².